The van der Waals surface area contributed by atoms with Crippen molar-refractivity contribution in [2.45, 2.75) is 26.0 Å². The summed E-state index contributed by atoms with van der Waals surface area (Å²) >= 11 is 1.43. The Morgan fingerprint density at radius 3 is 2.82 bits per heavy atom. The number of anilines is 2. The number of hydrogen-bond donors (Lipinski definition) is 4. The second-order valence-corrected chi connectivity index (χ2v) is 7.16. The number of aliphatic hydroxyl groups excluding tert-OH is 1. The van der Waals surface area contributed by atoms with Crippen molar-refractivity contribution in [1.29, 1.82) is 0 Å². The number of aromatic nitrogens is 3. The van der Waals surface area contributed by atoms with Crippen molar-refractivity contribution in [1.82, 2.24) is 15.0 Å². The summed E-state index contributed by atoms with van der Waals surface area (Å²) in [5.74, 6) is 1.03. The van der Waals surface area contributed by atoms with Crippen LogP contribution in [0.4, 0.5) is 11.6 Å². The number of ether oxygens (including phenoxy) is 2. The van der Waals surface area contributed by atoms with Crippen molar-refractivity contribution >= 4 is 33.2 Å². The lowest BCUT2D eigenvalue weighted by atomic mass is 10.1. The van der Waals surface area contributed by atoms with Crippen molar-refractivity contribution in [3.05, 3.63) is 23.3 Å². The van der Waals surface area contributed by atoms with Crippen LogP contribution in [-0.4, -0.2) is 46.5 Å². The lowest BCUT2D eigenvalue weighted by Crippen LogP contribution is -2.24. The minimum Gasteiger partial charge on any atom is -0.495 e. The number of nitrogens with two attached hydrogens (primary N) is 2. The topological polar surface area (TPSA) is 141 Å². The van der Waals surface area contributed by atoms with Crippen LogP contribution in [0.25, 0.3) is 21.5 Å². The summed E-state index contributed by atoms with van der Waals surface area (Å²) in [4.78, 5) is 15.0. The van der Waals surface area contributed by atoms with Crippen LogP contribution in [0.15, 0.2) is 18.5 Å². The molecule has 0 aliphatic heterocycles. The molecule has 0 aliphatic carbocycles. The molecule has 0 saturated heterocycles. The third-order valence-corrected chi connectivity index (χ3v) is 5.36. The first-order chi connectivity index (χ1) is 13.6. The summed E-state index contributed by atoms with van der Waals surface area (Å²) < 4.78 is 10.6. The van der Waals surface area contributed by atoms with E-state index in [0.717, 1.165) is 27.1 Å². The molecular weight excluding hydrogens is 380 g/mol. The number of thiophene rings is 1. The van der Waals surface area contributed by atoms with E-state index in [1.165, 1.54) is 11.3 Å². The van der Waals surface area contributed by atoms with E-state index in [1.54, 1.807) is 19.5 Å². The molecule has 0 spiro atoms. The monoisotopic (exact) mass is 404 g/mol. The van der Waals surface area contributed by atoms with Gasteiger partial charge in [-0.05, 0) is 12.5 Å². The standard InChI is InChI=1S/C18H24N6O3S/c1-3-11(7-25)22-18-23-16(10-4-12(26-2)6-21-5-10)14-15(20)13(8-27-9-19)28-17(14)24-18/h4-6,11,25H,3,7-9,19-20H2,1-2H3,(H,22,23,24)/t11-/m1/s1. The molecule has 0 fully saturated rings. The largest absolute Gasteiger partial charge is 0.495 e. The average Bonchev–Trinajstić information content (AvgIpc) is 3.05. The molecule has 0 aromatic carbocycles. The number of fused-ring (bicyclic) bond motifs is 1. The van der Waals surface area contributed by atoms with Gasteiger partial charge in [0.15, 0.2) is 0 Å². The van der Waals surface area contributed by atoms with Crippen LogP contribution < -0.4 is 21.5 Å². The van der Waals surface area contributed by atoms with Gasteiger partial charge in [0, 0.05) is 11.8 Å². The van der Waals surface area contributed by atoms with Crippen LogP contribution in [0.2, 0.25) is 0 Å². The van der Waals surface area contributed by atoms with Gasteiger partial charge in [-0.2, -0.15) is 0 Å². The molecule has 3 aromatic heterocycles. The first-order valence-electron chi connectivity index (χ1n) is 8.84. The summed E-state index contributed by atoms with van der Waals surface area (Å²) in [6.45, 7) is 2.37. The molecule has 6 N–H and O–H groups in total. The zero-order valence-corrected chi connectivity index (χ0v) is 16.6. The molecule has 10 heteroatoms. The van der Waals surface area contributed by atoms with E-state index >= 15 is 0 Å². The number of aliphatic hydroxyl groups is 1. The zero-order valence-electron chi connectivity index (χ0n) is 15.8. The molecule has 1 atom stereocenters. The van der Waals surface area contributed by atoms with E-state index in [-0.39, 0.29) is 19.4 Å². The number of nitrogens with zero attached hydrogens (tertiary/aromatic N) is 3. The van der Waals surface area contributed by atoms with Crippen molar-refractivity contribution in [3.63, 3.8) is 0 Å². The van der Waals surface area contributed by atoms with Gasteiger partial charge < -0.3 is 31.4 Å². The molecule has 0 saturated carbocycles. The van der Waals surface area contributed by atoms with E-state index in [2.05, 4.69) is 20.3 Å². The van der Waals surface area contributed by atoms with Crippen LogP contribution >= 0.6 is 11.3 Å². The normalized spacial score (nSPS) is 12.3. The van der Waals surface area contributed by atoms with Gasteiger partial charge in [-0.1, -0.05) is 6.92 Å². The number of hydrogen-bond acceptors (Lipinski definition) is 10. The molecular formula is C18H24N6O3S. The summed E-state index contributed by atoms with van der Waals surface area (Å²) in [7, 11) is 1.58. The first kappa shape index (κ1) is 20.2. The van der Waals surface area contributed by atoms with E-state index in [9.17, 15) is 5.11 Å². The highest BCUT2D eigenvalue weighted by Gasteiger charge is 2.20. The van der Waals surface area contributed by atoms with Crippen LogP contribution in [0.3, 0.4) is 0 Å². The van der Waals surface area contributed by atoms with Gasteiger partial charge in [0.25, 0.3) is 0 Å². The Hall–Kier alpha value is -2.53. The molecule has 28 heavy (non-hydrogen) atoms. The van der Waals surface area contributed by atoms with Crippen LogP contribution in [0.5, 0.6) is 5.75 Å². The van der Waals surface area contributed by atoms with Gasteiger partial charge in [-0.25, -0.2) is 9.97 Å². The summed E-state index contributed by atoms with van der Waals surface area (Å²) in [5.41, 5.74) is 13.8. The SMILES string of the molecule is CC[C@H](CO)Nc1nc(-c2cncc(OC)c2)c2c(N)c(COCN)sc2n1. The Morgan fingerprint density at radius 2 is 2.14 bits per heavy atom. The van der Waals surface area contributed by atoms with Gasteiger partial charge in [0.2, 0.25) is 5.95 Å². The first-order valence-corrected chi connectivity index (χ1v) is 9.66. The van der Waals surface area contributed by atoms with Gasteiger partial charge >= 0.3 is 0 Å². The van der Waals surface area contributed by atoms with Gasteiger partial charge in [0.1, 0.15) is 10.6 Å². The second kappa shape index (κ2) is 9.11. The fraction of sp³-hybridized carbons (Fsp3) is 0.389. The fourth-order valence-electron chi connectivity index (χ4n) is 2.72. The Labute approximate surface area is 166 Å². The number of nitrogens with one attached hydrogen (secondary N) is 1. The maximum Gasteiger partial charge on any atom is 0.224 e. The molecule has 3 rings (SSSR count). The Kier molecular flexibility index (Phi) is 6.57. The van der Waals surface area contributed by atoms with Crippen molar-refractivity contribution in [2.75, 3.05) is 31.5 Å². The molecule has 150 valence electrons. The van der Waals surface area contributed by atoms with Crippen molar-refractivity contribution in [3.8, 4) is 17.0 Å². The minimum atomic E-state index is -0.147. The molecule has 0 unspecified atom stereocenters. The van der Waals surface area contributed by atoms with Crippen molar-refractivity contribution in [2.24, 2.45) is 5.73 Å². The second-order valence-electron chi connectivity index (χ2n) is 6.08. The van der Waals surface area contributed by atoms with Gasteiger partial charge in [-0.15, -0.1) is 11.3 Å². The van der Waals surface area contributed by atoms with E-state index in [4.69, 9.17) is 20.9 Å². The highest BCUT2D eigenvalue weighted by atomic mass is 32.1. The number of pyridine rings is 1. The molecule has 0 radical (unpaired) electrons. The smallest absolute Gasteiger partial charge is 0.224 e. The van der Waals surface area contributed by atoms with Gasteiger partial charge in [0.05, 0.1) is 60.9 Å². The Bertz CT molecular complexity index is 944. The number of methoxy groups -OCH3 is 1. The summed E-state index contributed by atoms with van der Waals surface area (Å²) in [5, 5.41) is 13.4. The highest BCUT2D eigenvalue weighted by Crippen LogP contribution is 2.39. The summed E-state index contributed by atoms with van der Waals surface area (Å²) in [6.07, 6.45) is 4.05. The van der Waals surface area contributed by atoms with Crippen LogP contribution in [-0.2, 0) is 11.3 Å². The predicted octanol–water partition coefficient (Wildman–Crippen LogP) is 1.96. The highest BCUT2D eigenvalue weighted by molar-refractivity contribution is 7.19. The molecule has 0 bridgehead atoms. The molecule has 9 nitrogen and oxygen atoms in total. The number of nitrogen functional groups attached to an aromatic ring is 1. The fourth-order valence-corrected chi connectivity index (χ4v) is 3.75. The lowest BCUT2D eigenvalue weighted by Gasteiger charge is -2.15. The lowest BCUT2D eigenvalue weighted by molar-refractivity contribution is 0.130. The maximum absolute atomic E-state index is 9.51. The molecule has 3 aromatic rings. The van der Waals surface area contributed by atoms with E-state index < -0.39 is 0 Å². The maximum atomic E-state index is 9.51. The predicted molar refractivity (Wildman–Crippen MR) is 110 cm³/mol. The van der Waals surface area contributed by atoms with Crippen LogP contribution in [0, 0.1) is 0 Å². The van der Waals surface area contributed by atoms with Crippen molar-refractivity contribution < 1.29 is 14.6 Å². The zero-order chi connectivity index (χ0) is 20.1. The average molecular weight is 404 g/mol. The Balaban J connectivity index is 2.17. The molecule has 3 heterocycles. The third-order valence-electron chi connectivity index (χ3n) is 4.29. The summed E-state index contributed by atoms with van der Waals surface area (Å²) in [6, 6.07) is 1.70. The molecule has 0 amide bonds. The molecule has 0 aliphatic rings. The Morgan fingerprint density at radius 1 is 1.32 bits per heavy atom. The van der Waals surface area contributed by atoms with Crippen LogP contribution in [0.1, 0.15) is 18.2 Å². The van der Waals surface area contributed by atoms with E-state index in [0.29, 0.717) is 29.7 Å². The van der Waals surface area contributed by atoms with Gasteiger partial charge in [-0.3, -0.25) is 4.98 Å². The number of rotatable bonds is 9. The third kappa shape index (κ3) is 4.14. The van der Waals surface area contributed by atoms with E-state index in [1.807, 2.05) is 13.0 Å². The minimum absolute atomic E-state index is 0.0177. The quantitative estimate of drug-likeness (QED) is 0.394.